The van der Waals surface area contributed by atoms with Gasteiger partial charge in [0, 0.05) is 13.2 Å². The quantitative estimate of drug-likeness (QED) is 0.621. The van der Waals surface area contributed by atoms with Crippen LogP contribution in [-0.2, 0) is 9.47 Å². The highest BCUT2D eigenvalue weighted by molar-refractivity contribution is 6.15. The minimum absolute atomic E-state index is 0.115. The fraction of sp³-hybridized carbons (Fsp3) is 1.00. The first-order valence-corrected chi connectivity index (χ1v) is 9.30. The molecule has 0 bridgehead atoms. The molecule has 2 nitrogen and oxygen atoms in total. The highest BCUT2D eigenvalue weighted by Gasteiger charge is 2.39. The Kier molecular flexibility index (Phi) is 7.46. The summed E-state index contributed by atoms with van der Waals surface area (Å²) in [5.41, 5.74) is 0.122. The standard InChI is InChI=1S/C19H39BO2/c1-8-21-12-18(5,6)19(7,20)13-22-17-11-15(4)9-10-16(17)14(2)3/h14-17H,8-13,20H2,1-7H3. The van der Waals surface area contributed by atoms with E-state index in [0.717, 1.165) is 37.6 Å². The van der Waals surface area contributed by atoms with Crippen molar-refractivity contribution < 1.29 is 9.47 Å². The van der Waals surface area contributed by atoms with Crippen LogP contribution in [0.3, 0.4) is 0 Å². The van der Waals surface area contributed by atoms with Gasteiger partial charge in [-0.15, -0.1) is 0 Å². The van der Waals surface area contributed by atoms with Gasteiger partial charge in [-0.05, 0) is 48.2 Å². The van der Waals surface area contributed by atoms with Crippen LogP contribution < -0.4 is 0 Å². The Balaban J connectivity index is 2.64. The first kappa shape index (κ1) is 20.0. The predicted molar refractivity (Wildman–Crippen MR) is 98.3 cm³/mol. The molecule has 22 heavy (non-hydrogen) atoms. The predicted octanol–water partition coefficient (Wildman–Crippen LogP) is 4.34. The SMILES string of the molecule is BC(C)(COC1CC(C)CCC1C(C)C)C(C)(C)COCC. The molecular weight excluding hydrogens is 271 g/mol. The maximum absolute atomic E-state index is 6.50. The van der Waals surface area contributed by atoms with Crippen LogP contribution in [0, 0.1) is 23.2 Å². The second-order valence-corrected chi connectivity index (χ2v) is 9.08. The summed E-state index contributed by atoms with van der Waals surface area (Å²) in [6.45, 7) is 18.5. The van der Waals surface area contributed by atoms with E-state index in [9.17, 15) is 0 Å². The summed E-state index contributed by atoms with van der Waals surface area (Å²) in [4.78, 5) is 0. The first-order chi connectivity index (χ1) is 10.1. The molecule has 1 saturated carbocycles. The average molecular weight is 310 g/mol. The summed E-state index contributed by atoms with van der Waals surface area (Å²) in [5, 5.41) is 0.115. The third kappa shape index (κ3) is 5.27. The molecule has 0 aromatic carbocycles. The third-order valence-corrected chi connectivity index (χ3v) is 6.12. The zero-order chi connectivity index (χ0) is 17.0. The second kappa shape index (κ2) is 8.19. The summed E-state index contributed by atoms with van der Waals surface area (Å²) in [6, 6.07) is 0. The zero-order valence-electron chi connectivity index (χ0n) is 16.4. The fourth-order valence-electron chi connectivity index (χ4n) is 3.37. The highest BCUT2D eigenvalue weighted by Crippen LogP contribution is 2.44. The van der Waals surface area contributed by atoms with E-state index >= 15 is 0 Å². The van der Waals surface area contributed by atoms with Gasteiger partial charge >= 0.3 is 0 Å². The molecule has 1 fully saturated rings. The Hall–Kier alpha value is -0.0151. The van der Waals surface area contributed by atoms with Crippen molar-refractivity contribution in [3.8, 4) is 0 Å². The van der Waals surface area contributed by atoms with Gasteiger partial charge in [-0.2, -0.15) is 0 Å². The highest BCUT2D eigenvalue weighted by atomic mass is 16.5. The normalized spacial score (nSPS) is 29.5. The topological polar surface area (TPSA) is 18.5 Å². The van der Waals surface area contributed by atoms with Crippen molar-refractivity contribution in [3.63, 3.8) is 0 Å². The number of hydrogen-bond donors (Lipinski definition) is 0. The molecule has 0 aliphatic heterocycles. The Bertz CT molecular complexity index is 325. The first-order valence-electron chi connectivity index (χ1n) is 9.30. The molecule has 0 spiro atoms. The molecule has 1 rings (SSSR count). The van der Waals surface area contributed by atoms with Crippen LogP contribution in [-0.4, -0.2) is 33.8 Å². The minimum Gasteiger partial charge on any atom is -0.381 e. The van der Waals surface area contributed by atoms with Crippen LogP contribution in [0.4, 0.5) is 0 Å². The van der Waals surface area contributed by atoms with E-state index in [1.807, 2.05) is 0 Å². The summed E-state index contributed by atoms with van der Waals surface area (Å²) >= 11 is 0. The van der Waals surface area contributed by atoms with E-state index in [0.29, 0.717) is 6.10 Å². The van der Waals surface area contributed by atoms with Crippen molar-refractivity contribution in [2.45, 2.75) is 79.1 Å². The molecular formula is C19H39BO2. The van der Waals surface area contributed by atoms with Crippen molar-refractivity contribution in [2.24, 2.45) is 23.2 Å². The molecule has 1 aliphatic rings. The molecule has 130 valence electrons. The molecule has 0 heterocycles. The lowest BCUT2D eigenvalue weighted by Crippen LogP contribution is -2.41. The lowest BCUT2D eigenvalue weighted by Gasteiger charge is -2.44. The molecule has 4 atom stereocenters. The minimum atomic E-state index is 0.115. The second-order valence-electron chi connectivity index (χ2n) is 9.08. The van der Waals surface area contributed by atoms with E-state index in [-0.39, 0.29) is 10.7 Å². The van der Waals surface area contributed by atoms with Crippen LogP contribution in [0.25, 0.3) is 0 Å². The Labute approximate surface area is 140 Å². The summed E-state index contributed by atoms with van der Waals surface area (Å²) < 4.78 is 12.2. The summed E-state index contributed by atoms with van der Waals surface area (Å²) in [7, 11) is 2.32. The number of ether oxygens (including phenoxy) is 2. The molecule has 0 amide bonds. The third-order valence-electron chi connectivity index (χ3n) is 6.12. The van der Waals surface area contributed by atoms with E-state index in [1.54, 1.807) is 0 Å². The van der Waals surface area contributed by atoms with Crippen molar-refractivity contribution in [1.82, 2.24) is 0 Å². The van der Waals surface area contributed by atoms with Crippen LogP contribution in [0.1, 0.15) is 67.7 Å². The Morgan fingerprint density at radius 3 is 2.32 bits per heavy atom. The average Bonchev–Trinajstić information content (AvgIpc) is 2.42. The molecule has 1 aliphatic carbocycles. The Morgan fingerprint density at radius 1 is 1.14 bits per heavy atom. The Morgan fingerprint density at radius 2 is 1.77 bits per heavy atom. The smallest absolute Gasteiger partial charge is 0.112 e. The monoisotopic (exact) mass is 310 g/mol. The largest absolute Gasteiger partial charge is 0.381 e. The van der Waals surface area contributed by atoms with Gasteiger partial charge in [0.25, 0.3) is 0 Å². The molecule has 0 aromatic heterocycles. The van der Waals surface area contributed by atoms with Gasteiger partial charge < -0.3 is 9.47 Å². The van der Waals surface area contributed by atoms with Gasteiger partial charge in [-0.25, -0.2) is 0 Å². The maximum atomic E-state index is 6.50. The van der Waals surface area contributed by atoms with Crippen molar-refractivity contribution in [2.75, 3.05) is 19.8 Å². The van der Waals surface area contributed by atoms with Crippen molar-refractivity contribution >= 4 is 7.85 Å². The van der Waals surface area contributed by atoms with Gasteiger partial charge in [0.15, 0.2) is 0 Å². The van der Waals surface area contributed by atoms with Gasteiger partial charge in [-0.1, -0.05) is 48.0 Å². The van der Waals surface area contributed by atoms with Crippen molar-refractivity contribution in [3.05, 3.63) is 0 Å². The van der Waals surface area contributed by atoms with Gasteiger partial charge in [-0.3, -0.25) is 0 Å². The van der Waals surface area contributed by atoms with Crippen LogP contribution in [0.5, 0.6) is 0 Å². The van der Waals surface area contributed by atoms with Crippen LogP contribution in [0.15, 0.2) is 0 Å². The summed E-state index contributed by atoms with van der Waals surface area (Å²) in [5.74, 6) is 2.25. The van der Waals surface area contributed by atoms with Crippen LogP contribution >= 0.6 is 0 Å². The van der Waals surface area contributed by atoms with Gasteiger partial charge in [0.1, 0.15) is 7.85 Å². The number of hydrogen-bond acceptors (Lipinski definition) is 2. The van der Waals surface area contributed by atoms with E-state index in [1.165, 1.54) is 19.3 Å². The lowest BCUT2D eigenvalue weighted by atomic mass is 9.55. The van der Waals surface area contributed by atoms with Crippen molar-refractivity contribution in [1.29, 1.82) is 0 Å². The van der Waals surface area contributed by atoms with E-state index < -0.39 is 0 Å². The fourth-order valence-corrected chi connectivity index (χ4v) is 3.37. The molecule has 0 saturated heterocycles. The molecule has 4 unspecified atom stereocenters. The zero-order valence-corrected chi connectivity index (χ0v) is 16.4. The van der Waals surface area contributed by atoms with Gasteiger partial charge in [0.2, 0.25) is 0 Å². The number of rotatable bonds is 8. The molecule has 0 N–H and O–H groups in total. The van der Waals surface area contributed by atoms with E-state index in [2.05, 4.69) is 56.3 Å². The molecule has 0 radical (unpaired) electrons. The molecule has 0 aromatic rings. The van der Waals surface area contributed by atoms with Crippen LogP contribution in [0.2, 0.25) is 5.31 Å². The summed E-state index contributed by atoms with van der Waals surface area (Å²) in [6.07, 6.45) is 4.35. The lowest BCUT2D eigenvalue weighted by molar-refractivity contribution is -0.0677. The van der Waals surface area contributed by atoms with Gasteiger partial charge in [0.05, 0.1) is 12.7 Å². The molecule has 3 heteroatoms. The maximum Gasteiger partial charge on any atom is 0.112 e. The van der Waals surface area contributed by atoms with E-state index in [4.69, 9.17) is 9.47 Å².